The van der Waals surface area contributed by atoms with E-state index in [1.165, 1.54) is 0 Å². The lowest BCUT2D eigenvalue weighted by Gasteiger charge is -2.27. The van der Waals surface area contributed by atoms with E-state index in [0.717, 1.165) is 47.5 Å². The number of carbonyl (C=O) groups is 2. The summed E-state index contributed by atoms with van der Waals surface area (Å²) in [4.78, 5) is 25.8. The first-order chi connectivity index (χ1) is 13.9. The van der Waals surface area contributed by atoms with Gasteiger partial charge in [0.2, 0.25) is 0 Å². The lowest BCUT2D eigenvalue weighted by atomic mass is 10.1. The molecule has 1 amide bonds. The topological polar surface area (TPSA) is 55.4 Å². The van der Waals surface area contributed by atoms with Crippen molar-refractivity contribution in [2.45, 2.75) is 45.9 Å². The van der Waals surface area contributed by atoms with Gasteiger partial charge in [-0.1, -0.05) is 48.5 Å². The zero-order valence-corrected chi connectivity index (χ0v) is 18.5. The Labute approximate surface area is 174 Å². The van der Waals surface area contributed by atoms with E-state index in [9.17, 15) is 9.59 Å². The maximum atomic E-state index is 13.1. The van der Waals surface area contributed by atoms with E-state index in [2.05, 4.69) is 5.32 Å². The molecule has 1 unspecified atom stereocenters. The van der Waals surface area contributed by atoms with Crippen LogP contribution in [0.15, 0.2) is 48.5 Å². The highest BCUT2D eigenvalue weighted by Crippen LogP contribution is 2.67. The van der Waals surface area contributed by atoms with E-state index in [1.54, 1.807) is 0 Å². The highest BCUT2D eigenvalue weighted by Gasteiger charge is 2.51. The molecule has 4 nitrogen and oxygen atoms in total. The van der Waals surface area contributed by atoms with Crippen LogP contribution >= 0.6 is 7.26 Å². The predicted molar refractivity (Wildman–Crippen MR) is 121 cm³/mol. The van der Waals surface area contributed by atoms with Crippen molar-refractivity contribution in [3.8, 4) is 0 Å². The van der Waals surface area contributed by atoms with Gasteiger partial charge in [0.15, 0.2) is 6.16 Å². The first-order valence-corrected chi connectivity index (χ1v) is 12.7. The summed E-state index contributed by atoms with van der Waals surface area (Å²) in [6.07, 6.45) is 4.59. The molecule has 2 aromatic carbocycles. The average molecular weight is 412 g/mol. The van der Waals surface area contributed by atoms with E-state index in [4.69, 9.17) is 4.74 Å². The third-order valence-electron chi connectivity index (χ3n) is 6.07. The first kappa shape index (κ1) is 21.5. The second-order valence-corrected chi connectivity index (χ2v) is 12.5. The maximum absolute atomic E-state index is 13.1. The first-order valence-electron chi connectivity index (χ1n) is 10.3. The van der Waals surface area contributed by atoms with Gasteiger partial charge >= 0.3 is 5.97 Å². The Hall–Kier alpha value is -2.19. The van der Waals surface area contributed by atoms with Crippen molar-refractivity contribution in [1.82, 2.24) is 0 Å². The van der Waals surface area contributed by atoms with Crippen LogP contribution < -0.4 is 5.32 Å². The van der Waals surface area contributed by atoms with E-state index in [-0.39, 0.29) is 17.5 Å². The van der Waals surface area contributed by atoms with E-state index >= 15 is 0 Å². The molecule has 1 aliphatic heterocycles. The summed E-state index contributed by atoms with van der Waals surface area (Å²) in [6.45, 7) is 6.32. The molecule has 5 heteroatoms. The molecule has 3 rings (SSSR count). The monoisotopic (exact) mass is 412 g/mol. The molecule has 2 aromatic rings. The number of ether oxygens (including phenoxy) is 1. The molecule has 0 aromatic heterocycles. The van der Waals surface area contributed by atoms with Gasteiger partial charge in [0.05, 0.1) is 12.3 Å². The quantitative estimate of drug-likeness (QED) is 0.503. The van der Waals surface area contributed by atoms with Crippen LogP contribution in [0.4, 0.5) is 5.69 Å². The number of hydrogen-bond donors (Lipinski definition) is 1. The fourth-order valence-corrected chi connectivity index (χ4v) is 8.64. The average Bonchev–Trinajstić information content (AvgIpc) is 3.19. The molecule has 154 valence electrons. The van der Waals surface area contributed by atoms with Crippen LogP contribution in [-0.4, -0.2) is 36.0 Å². The van der Waals surface area contributed by atoms with Crippen LogP contribution in [0.2, 0.25) is 0 Å². The number of anilines is 1. The Morgan fingerprint density at radius 1 is 1.00 bits per heavy atom. The van der Waals surface area contributed by atoms with Crippen molar-refractivity contribution in [3.05, 3.63) is 65.2 Å². The van der Waals surface area contributed by atoms with E-state index in [1.807, 2.05) is 69.3 Å². The van der Waals surface area contributed by atoms with Crippen molar-refractivity contribution in [1.29, 1.82) is 0 Å². The minimum atomic E-state index is -1.73. The Morgan fingerprint density at radius 3 is 2.24 bits per heavy atom. The summed E-state index contributed by atoms with van der Waals surface area (Å²) in [7, 11) is -1.73. The van der Waals surface area contributed by atoms with Gasteiger partial charge in [0.1, 0.15) is 12.3 Å². The van der Waals surface area contributed by atoms with Gasteiger partial charge in [-0.25, -0.2) is 4.79 Å². The molecule has 0 radical (unpaired) electrons. The smallest absolute Gasteiger partial charge is 0.344 e. The standard InChI is InChI=1S/C24H30NO3P/c1-18-10-9-11-19(2)23(18)25-24(27)20(3)29(14-7-8-15-29)17-22(26)28-16-21-12-5-4-6-13-21/h4-6,9-13,20H,7-8,14-17H2,1-3H3/p+1. The molecule has 29 heavy (non-hydrogen) atoms. The number of carbonyl (C=O) groups excluding carboxylic acids is 2. The molecule has 1 fully saturated rings. The number of aryl methyl sites for hydroxylation is 2. The number of rotatable bonds is 7. The van der Waals surface area contributed by atoms with Gasteiger partial charge in [-0.3, -0.25) is 4.79 Å². The molecular weight excluding hydrogens is 381 g/mol. The van der Waals surface area contributed by atoms with Gasteiger partial charge in [-0.15, -0.1) is 0 Å². The largest absolute Gasteiger partial charge is 0.458 e. The normalized spacial score (nSPS) is 16.2. The van der Waals surface area contributed by atoms with Crippen LogP contribution in [-0.2, 0) is 20.9 Å². The molecule has 1 N–H and O–H groups in total. The van der Waals surface area contributed by atoms with Crippen LogP contribution in [0, 0.1) is 13.8 Å². The summed E-state index contributed by atoms with van der Waals surface area (Å²) in [5, 5.41) is 3.15. The minimum Gasteiger partial charge on any atom is -0.458 e. The minimum absolute atomic E-state index is 0.0356. The van der Waals surface area contributed by atoms with Crippen LogP contribution in [0.5, 0.6) is 0 Å². The zero-order chi connectivity index (χ0) is 20.9. The number of amides is 1. The Morgan fingerprint density at radius 2 is 1.62 bits per heavy atom. The molecule has 0 bridgehead atoms. The highest BCUT2D eigenvalue weighted by molar-refractivity contribution is 7.78. The summed E-state index contributed by atoms with van der Waals surface area (Å²) in [6, 6.07) is 15.7. The number of benzene rings is 2. The molecule has 0 saturated carbocycles. The van der Waals surface area contributed by atoms with Crippen LogP contribution in [0.25, 0.3) is 0 Å². The van der Waals surface area contributed by atoms with Gasteiger partial charge in [0.25, 0.3) is 5.91 Å². The lowest BCUT2D eigenvalue weighted by Crippen LogP contribution is -2.32. The Kier molecular flexibility index (Phi) is 7.08. The Balaban J connectivity index is 1.67. The SMILES string of the molecule is Cc1cccc(C)c1NC(=O)C(C)[P+]1(CC(=O)OCc2ccccc2)CCCC1. The maximum Gasteiger partial charge on any atom is 0.344 e. The summed E-state index contributed by atoms with van der Waals surface area (Å²) in [5.41, 5.74) is 3.86. The molecule has 1 heterocycles. The zero-order valence-electron chi connectivity index (χ0n) is 17.6. The van der Waals surface area contributed by atoms with E-state index < -0.39 is 7.26 Å². The molecule has 1 saturated heterocycles. The summed E-state index contributed by atoms with van der Waals surface area (Å²) < 4.78 is 5.56. The number of para-hydroxylation sites is 1. The van der Waals surface area contributed by atoms with Gasteiger partial charge in [-0.2, -0.15) is 0 Å². The van der Waals surface area contributed by atoms with Crippen molar-refractivity contribution in [2.24, 2.45) is 0 Å². The predicted octanol–water partition coefficient (Wildman–Crippen LogP) is 5.19. The second kappa shape index (κ2) is 9.54. The van der Waals surface area contributed by atoms with Crippen molar-refractivity contribution >= 4 is 24.8 Å². The van der Waals surface area contributed by atoms with Crippen LogP contribution in [0.1, 0.15) is 36.5 Å². The van der Waals surface area contributed by atoms with Gasteiger partial charge in [0, 0.05) is 12.9 Å². The molecule has 1 aliphatic rings. The summed E-state index contributed by atoms with van der Waals surface area (Å²) in [5.74, 6) is -0.135. The van der Waals surface area contributed by atoms with Crippen molar-refractivity contribution in [2.75, 3.05) is 23.8 Å². The van der Waals surface area contributed by atoms with E-state index in [0.29, 0.717) is 12.8 Å². The summed E-state index contributed by atoms with van der Waals surface area (Å²) >= 11 is 0. The molecule has 1 atom stereocenters. The highest BCUT2D eigenvalue weighted by atomic mass is 31.2. The third-order valence-corrected chi connectivity index (χ3v) is 11.3. The van der Waals surface area contributed by atoms with Gasteiger partial charge < -0.3 is 10.1 Å². The van der Waals surface area contributed by atoms with Crippen molar-refractivity contribution < 1.29 is 14.3 Å². The fourth-order valence-electron chi connectivity index (χ4n) is 4.18. The molecule has 0 aliphatic carbocycles. The van der Waals surface area contributed by atoms with Crippen LogP contribution in [0.3, 0.4) is 0 Å². The second-order valence-electron chi connectivity index (χ2n) is 8.11. The van der Waals surface area contributed by atoms with Crippen molar-refractivity contribution in [3.63, 3.8) is 0 Å². The number of hydrogen-bond acceptors (Lipinski definition) is 3. The number of nitrogens with one attached hydrogen (secondary N) is 1. The Bertz CT molecular complexity index is 839. The third kappa shape index (κ3) is 5.25. The van der Waals surface area contributed by atoms with Gasteiger partial charge in [-0.05, 0) is 50.3 Å². The fraction of sp³-hybridized carbons (Fsp3) is 0.417. The molecular formula is C24H31NO3P+. The lowest BCUT2D eigenvalue weighted by molar-refractivity contribution is -0.141. The molecule has 0 spiro atoms. The number of esters is 1.